The van der Waals surface area contributed by atoms with Gasteiger partial charge in [0.1, 0.15) is 5.58 Å². The molecule has 3 aromatic heterocycles. The molecule has 11 aromatic rings. The Bertz CT molecular complexity index is 3450. The Balaban J connectivity index is 1.12. The van der Waals surface area contributed by atoms with Crippen LogP contribution < -0.4 is 0 Å². The summed E-state index contributed by atoms with van der Waals surface area (Å²) in [6, 6.07) is 59.9. The van der Waals surface area contributed by atoms with Gasteiger partial charge in [-0.15, -0.1) is 0 Å². The van der Waals surface area contributed by atoms with E-state index in [2.05, 4.69) is 158 Å². The first kappa shape index (κ1) is 31.9. The van der Waals surface area contributed by atoms with Gasteiger partial charge >= 0.3 is 0 Å². The number of furan rings is 1. The van der Waals surface area contributed by atoms with E-state index in [4.69, 9.17) is 19.4 Å². The molecule has 0 radical (unpaired) electrons. The van der Waals surface area contributed by atoms with Crippen molar-refractivity contribution in [3.63, 3.8) is 0 Å². The molecule has 0 N–H and O–H groups in total. The quantitative estimate of drug-likeness (QED) is 0.181. The lowest BCUT2D eigenvalue weighted by atomic mass is 9.82. The average molecular weight is 731 g/mol. The van der Waals surface area contributed by atoms with Crippen molar-refractivity contribution >= 4 is 54.5 Å². The van der Waals surface area contributed by atoms with Gasteiger partial charge in [-0.05, 0) is 69.4 Å². The SMILES string of the molecule is CC1(C)c2ccccc2-c2ccc(-c3nc(-c4ccccc4)nc(-c4ccc(-n5c6ccccc6c6c7ccccc7ccc65)c5oc6ccccc6c45)n3)cc21. The van der Waals surface area contributed by atoms with E-state index in [0.717, 1.165) is 55.3 Å². The van der Waals surface area contributed by atoms with E-state index in [1.54, 1.807) is 0 Å². The largest absolute Gasteiger partial charge is 0.454 e. The van der Waals surface area contributed by atoms with E-state index in [1.807, 2.05) is 30.3 Å². The number of hydrogen-bond acceptors (Lipinski definition) is 4. The molecular weight excluding hydrogens is 697 g/mol. The topological polar surface area (TPSA) is 56.7 Å². The van der Waals surface area contributed by atoms with Gasteiger partial charge in [-0.25, -0.2) is 15.0 Å². The standard InChI is InChI=1S/C52H34N4O/c1-52(2)40-21-11-8-18-35(40)36-26-24-33(30-41(36)52)50-53-49(32-15-4-3-5-16-32)54-51(55-50)39-27-29-44(48-47(39)38-20-10-13-23-45(38)57-48)56-42-22-12-9-19-37(42)46-34-17-7-6-14-31(34)25-28-43(46)56/h3-30H,1-2H3. The van der Waals surface area contributed by atoms with E-state index in [-0.39, 0.29) is 5.41 Å². The number of nitrogens with zero attached hydrogens (tertiary/aromatic N) is 4. The molecule has 8 aromatic carbocycles. The maximum Gasteiger partial charge on any atom is 0.164 e. The van der Waals surface area contributed by atoms with Gasteiger partial charge < -0.3 is 8.98 Å². The molecule has 0 amide bonds. The zero-order valence-corrected chi connectivity index (χ0v) is 31.4. The van der Waals surface area contributed by atoms with Crippen LogP contribution in [-0.2, 0) is 5.41 Å². The zero-order chi connectivity index (χ0) is 37.8. The maximum atomic E-state index is 6.90. The van der Waals surface area contributed by atoms with Crippen molar-refractivity contribution in [2.75, 3.05) is 0 Å². The highest BCUT2D eigenvalue weighted by atomic mass is 16.3. The summed E-state index contributed by atoms with van der Waals surface area (Å²) >= 11 is 0. The summed E-state index contributed by atoms with van der Waals surface area (Å²) < 4.78 is 9.25. The van der Waals surface area contributed by atoms with Crippen LogP contribution in [0.2, 0.25) is 0 Å². The second kappa shape index (κ2) is 11.8. The van der Waals surface area contributed by atoms with Gasteiger partial charge in [0.25, 0.3) is 0 Å². The molecule has 0 aliphatic heterocycles. The molecule has 0 unspecified atom stereocenters. The summed E-state index contributed by atoms with van der Waals surface area (Å²) in [6.45, 7) is 4.61. The first-order valence-corrected chi connectivity index (χ1v) is 19.5. The molecule has 0 saturated carbocycles. The van der Waals surface area contributed by atoms with Crippen LogP contribution in [0.4, 0.5) is 0 Å². The Hall–Kier alpha value is -7.37. The predicted molar refractivity (Wildman–Crippen MR) is 233 cm³/mol. The van der Waals surface area contributed by atoms with Crippen LogP contribution in [0.3, 0.4) is 0 Å². The molecule has 0 spiro atoms. The lowest BCUT2D eigenvalue weighted by molar-refractivity contribution is 0.660. The van der Waals surface area contributed by atoms with Crippen molar-refractivity contribution in [3.8, 4) is 51.0 Å². The van der Waals surface area contributed by atoms with Crippen LogP contribution >= 0.6 is 0 Å². The highest BCUT2D eigenvalue weighted by Crippen LogP contribution is 2.50. The highest BCUT2D eigenvalue weighted by molar-refractivity contribution is 6.22. The molecule has 1 aliphatic carbocycles. The van der Waals surface area contributed by atoms with Crippen LogP contribution in [0.25, 0.3) is 105 Å². The van der Waals surface area contributed by atoms with Gasteiger partial charge in [-0.2, -0.15) is 0 Å². The van der Waals surface area contributed by atoms with Crippen molar-refractivity contribution in [2.45, 2.75) is 19.3 Å². The van der Waals surface area contributed by atoms with Gasteiger partial charge in [-0.3, -0.25) is 0 Å². The first-order valence-electron chi connectivity index (χ1n) is 19.5. The van der Waals surface area contributed by atoms with E-state index in [9.17, 15) is 0 Å². The summed E-state index contributed by atoms with van der Waals surface area (Å²) in [5.41, 5.74) is 12.6. The number of rotatable bonds is 4. The molecule has 0 bridgehead atoms. The number of aromatic nitrogens is 4. The van der Waals surface area contributed by atoms with Gasteiger partial charge in [0.05, 0.1) is 16.7 Å². The minimum atomic E-state index is -0.156. The van der Waals surface area contributed by atoms with E-state index >= 15 is 0 Å². The van der Waals surface area contributed by atoms with Crippen LogP contribution in [0.5, 0.6) is 0 Å². The summed E-state index contributed by atoms with van der Waals surface area (Å²) in [7, 11) is 0. The zero-order valence-electron chi connectivity index (χ0n) is 31.4. The van der Waals surface area contributed by atoms with E-state index in [0.29, 0.717) is 17.5 Å². The molecule has 5 heteroatoms. The van der Waals surface area contributed by atoms with Gasteiger partial charge in [0, 0.05) is 43.7 Å². The minimum absolute atomic E-state index is 0.156. The normalized spacial score (nSPS) is 13.2. The molecule has 268 valence electrons. The summed E-state index contributed by atoms with van der Waals surface area (Å²) in [5, 5.41) is 6.85. The van der Waals surface area contributed by atoms with Crippen molar-refractivity contribution < 1.29 is 4.42 Å². The molecule has 5 nitrogen and oxygen atoms in total. The highest BCUT2D eigenvalue weighted by Gasteiger charge is 2.35. The lowest BCUT2D eigenvalue weighted by Gasteiger charge is -2.21. The molecule has 0 fully saturated rings. The Labute approximate surface area is 328 Å². The monoisotopic (exact) mass is 730 g/mol. The minimum Gasteiger partial charge on any atom is -0.454 e. The second-order valence-corrected chi connectivity index (χ2v) is 15.6. The smallest absolute Gasteiger partial charge is 0.164 e. The molecule has 0 saturated heterocycles. The van der Waals surface area contributed by atoms with Crippen LogP contribution in [0.1, 0.15) is 25.0 Å². The van der Waals surface area contributed by atoms with Crippen molar-refractivity contribution in [3.05, 3.63) is 181 Å². The van der Waals surface area contributed by atoms with Crippen LogP contribution in [-0.4, -0.2) is 19.5 Å². The Morgan fingerprint density at radius 3 is 2.00 bits per heavy atom. The second-order valence-electron chi connectivity index (χ2n) is 15.6. The maximum absolute atomic E-state index is 6.90. The number of fused-ring (bicyclic) bond motifs is 11. The predicted octanol–water partition coefficient (Wildman–Crippen LogP) is 13.3. The molecule has 1 aliphatic rings. The van der Waals surface area contributed by atoms with Crippen LogP contribution in [0.15, 0.2) is 174 Å². The molecule has 12 rings (SSSR count). The van der Waals surface area contributed by atoms with E-state index < -0.39 is 0 Å². The summed E-state index contributed by atoms with van der Waals surface area (Å²) in [5.74, 6) is 1.85. The summed E-state index contributed by atoms with van der Waals surface area (Å²) in [6.07, 6.45) is 0. The molecule has 57 heavy (non-hydrogen) atoms. The fourth-order valence-electron chi connectivity index (χ4n) is 9.36. The third kappa shape index (κ3) is 4.60. The number of hydrogen-bond donors (Lipinski definition) is 0. The molecule has 0 atom stereocenters. The average Bonchev–Trinajstić information content (AvgIpc) is 3.90. The van der Waals surface area contributed by atoms with Crippen molar-refractivity contribution in [1.82, 2.24) is 19.5 Å². The third-order valence-electron chi connectivity index (χ3n) is 12.1. The fraction of sp³-hybridized carbons (Fsp3) is 0.0577. The molecule has 3 heterocycles. The van der Waals surface area contributed by atoms with Gasteiger partial charge in [0.15, 0.2) is 23.1 Å². The lowest BCUT2D eigenvalue weighted by Crippen LogP contribution is -2.15. The Morgan fingerprint density at radius 2 is 1.12 bits per heavy atom. The Kier molecular flexibility index (Phi) is 6.62. The number of benzene rings is 8. The van der Waals surface area contributed by atoms with Crippen molar-refractivity contribution in [1.29, 1.82) is 0 Å². The van der Waals surface area contributed by atoms with Crippen molar-refractivity contribution in [2.24, 2.45) is 0 Å². The van der Waals surface area contributed by atoms with Gasteiger partial charge in [0.2, 0.25) is 0 Å². The van der Waals surface area contributed by atoms with Gasteiger partial charge in [-0.1, -0.05) is 147 Å². The fourth-order valence-corrected chi connectivity index (χ4v) is 9.36. The molecular formula is C52H34N4O. The summed E-state index contributed by atoms with van der Waals surface area (Å²) in [4.78, 5) is 15.7. The van der Waals surface area contributed by atoms with E-state index in [1.165, 1.54) is 43.8 Å². The third-order valence-corrected chi connectivity index (χ3v) is 12.1. The Morgan fingerprint density at radius 1 is 0.456 bits per heavy atom. The number of para-hydroxylation sites is 2. The van der Waals surface area contributed by atoms with Crippen LogP contribution in [0, 0.1) is 0 Å². The first-order chi connectivity index (χ1) is 28.0.